The van der Waals surface area contributed by atoms with Gasteiger partial charge in [0.1, 0.15) is 0 Å². The summed E-state index contributed by atoms with van der Waals surface area (Å²) >= 11 is 0. The van der Waals surface area contributed by atoms with Gasteiger partial charge < -0.3 is 10.6 Å². The molecule has 0 saturated carbocycles. The second-order valence-electron chi connectivity index (χ2n) is 6.28. The molecular weight excluding hydrogens is 372 g/mol. The van der Waals surface area contributed by atoms with Crippen LogP contribution >= 0.6 is 0 Å². The number of benzene rings is 2. The number of urea groups is 2. The normalized spacial score (nSPS) is 10.0. The van der Waals surface area contributed by atoms with E-state index in [4.69, 9.17) is 0 Å². The number of anilines is 2. The Morgan fingerprint density at radius 3 is 1.28 bits per heavy atom. The monoisotopic (exact) mass is 396 g/mol. The van der Waals surface area contributed by atoms with Gasteiger partial charge in [0.2, 0.25) is 11.8 Å². The van der Waals surface area contributed by atoms with Crippen molar-refractivity contribution < 1.29 is 19.2 Å². The first kappa shape index (κ1) is 21.6. The molecule has 6 amide bonds. The van der Waals surface area contributed by atoms with Crippen LogP contribution in [0.3, 0.4) is 0 Å². The van der Waals surface area contributed by atoms with Gasteiger partial charge in [-0.25, -0.2) is 9.59 Å². The van der Waals surface area contributed by atoms with E-state index in [0.29, 0.717) is 17.8 Å². The standard InChI is InChI=1S/C21H24N4O4/c1-3-18(26)24-20(28)22-16-9-5-14(6-10-16)13-15-7-11-17(12-8-15)23-21(29)25-19(27)4-2/h5-12H,3-4,13H2,1-2H3,(H2,22,24,26,28)(H2,23,25,27,29). The molecule has 0 fully saturated rings. The maximum Gasteiger partial charge on any atom is 0.325 e. The molecule has 2 rings (SSSR count). The lowest BCUT2D eigenvalue weighted by atomic mass is 10.0. The number of amides is 6. The zero-order chi connectivity index (χ0) is 21.2. The summed E-state index contributed by atoms with van der Waals surface area (Å²) in [5, 5.41) is 9.65. The molecule has 29 heavy (non-hydrogen) atoms. The summed E-state index contributed by atoms with van der Waals surface area (Å²) in [5.41, 5.74) is 3.24. The van der Waals surface area contributed by atoms with Gasteiger partial charge >= 0.3 is 12.1 Å². The fraction of sp³-hybridized carbons (Fsp3) is 0.238. The van der Waals surface area contributed by atoms with Gasteiger partial charge in [0.05, 0.1) is 0 Å². The van der Waals surface area contributed by atoms with Crippen LogP contribution < -0.4 is 21.3 Å². The van der Waals surface area contributed by atoms with Crippen molar-refractivity contribution in [2.75, 3.05) is 10.6 Å². The van der Waals surface area contributed by atoms with Gasteiger partial charge in [-0.2, -0.15) is 0 Å². The van der Waals surface area contributed by atoms with E-state index in [-0.39, 0.29) is 24.7 Å². The average Bonchev–Trinajstić information content (AvgIpc) is 2.70. The van der Waals surface area contributed by atoms with Gasteiger partial charge in [-0.1, -0.05) is 38.1 Å². The Bertz CT molecular complexity index is 803. The minimum atomic E-state index is -0.558. The van der Waals surface area contributed by atoms with Crippen molar-refractivity contribution in [3.8, 4) is 0 Å². The van der Waals surface area contributed by atoms with Crippen molar-refractivity contribution in [3.05, 3.63) is 59.7 Å². The van der Waals surface area contributed by atoms with Crippen molar-refractivity contribution in [1.29, 1.82) is 0 Å². The number of hydrogen-bond donors (Lipinski definition) is 4. The number of carbonyl (C=O) groups excluding carboxylic acids is 4. The molecule has 0 spiro atoms. The number of rotatable bonds is 6. The molecule has 2 aromatic rings. The topological polar surface area (TPSA) is 116 Å². The number of carbonyl (C=O) groups is 4. The summed E-state index contributed by atoms with van der Waals surface area (Å²) in [5.74, 6) is -0.682. The van der Waals surface area contributed by atoms with E-state index in [2.05, 4.69) is 21.3 Å². The molecule has 0 aromatic heterocycles. The molecule has 0 unspecified atom stereocenters. The van der Waals surface area contributed by atoms with E-state index in [1.54, 1.807) is 38.1 Å². The lowest BCUT2D eigenvalue weighted by Gasteiger charge is -2.09. The zero-order valence-corrected chi connectivity index (χ0v) is 16.4. The highest BCUT2D eigenvalue weighted by Crippen LogP contribution is 2.16. The predicted octanol–water partition coefficient (Wildman–Crippen LogP) is 3.39. The number of hydrogen-bond acceptors (Lipinski definition) is 4. The Labute approximate surface area is 169 Å². The molecule has 4 N–H and O–H groups in total. The van der Waals surface area contributed by atoms with Crippen LogP contribution in [-0.2, 0) is 16.0 Å². The molecular formula is C21H24N4O4. The molecule has 0 radical (unpaired) electrons. The highest BCUT2D eigenvalue weighted by Gasteiger charge is 2.07. The minimum absolute atomic E-state index is 0.238. The largest absolute Gasteiger partial charge is 0.325 e. The summed E-state index contributed by atoms with van der Waals surface area (Å²) in [7, 11) is 0. The van der Waals surface area contributed by atoms with Crippen LogP contribution in [0.4, 0.5) is 21.0 Å². The molecule has 0 aliphatic heterocycles. The van der Waals surface area contributed by atoms with Gasteiger partial charge in [-0.3, -0.25) is 20.2 Å². The van der Waals surface area contributed by atoms with Gasteiger partial charge in [-0.05, 0) is 41.8 Å². The summed E-state index contributed by atoms with van der Waals surface area (Å²) in [4.78, 5) is 45.7. The molecule has 0 atom stereocenters. The van der Waals surface area contributed by atoms with Crippen LogP contribution in [0.15, 0.2) is 48.5 Å². The number of imide groups is 2. The van der Waals surface area contributed by atoms with Crippen LogP contribution in [0, 0.1) is 0 Å². The Morgan fingerprint density at radius 2 is 0.966 bits per heavy atom. The Hall–Kier alpha value is -3.68. The van der Waals surface area contributed by atoms with Crippen LogP contribution in [0.2, 0.25) is 0 Å². The Morgan fingerprint density at radius 1 is 0.621 bits per heavy atom. The third kappa shape index (κ3) is 7.45. The highest BCUT2D eigenvalue weighted by atomic mass is 16.2. The third-order valence-electron chi connectivity index (χ3n) is 3.98. The quantitative estimate of drug-likeness (QED) is 0.599. The van der Waals surface area contributed by atoms with Crippen molar-refractivity contribution in [3.63, 3.8) is 0 Å². The maximum absolute atomic E-state index is 11.6. The van der Waals surface area contributed by atoms with E-state index in [1.807, 2.05) is 24.3 Å². The van der Waals surface area contributed by atoms with Gasteiger partial charge in [-0.15, -0.1) is 0 Å². The van der Waals surface area contributed by atoms with Crippen molar-refractivity contribution in [2.24, 2.45) is 0 Å². The SMILES string of the molecule is CCC(=O)NC(=O)Nc1ccc(Cc2ccc(NC(=O)NC(=O)CC)cc2)cc1. The highest BCUT2D eigenvalue weighted by molar-refractivity contribution is 6.01. The van der Waals surface area contributed by atoms with E-state index < -0.39 is 12.1 Å². The Balaban J connectivity index is 1.88. The fourth-order valence-electron chi connectivity index (χ4n) is 2.40. The summed E-state index contributed by atoms with van der Waals surface area (Å²) in [6.07, 6.45) is 1.14. The molecule has 152 valence electrons. The molecule has 0 saturated heterocycles. The maximum atomic E-state index is 11.6. The van der Waals surface area contributed by atoms with E-state index in [0.717, 1.165) is 11.1 Å². The van der Waals surface area contributed by atoms with E-state index >= 15 is 0 Å². The van der Waals surface area contributed by atoms with Gasteiger partial charge in [0.25, 0.3) is 0 Å². The lowest BCUT2D eigenvalue weighted by Crippen LogP contribution is -2.33. The lowest BCUT2D eigenvalue weighted by molar-refractivity contribution is -0.120. The van der Waals surface area contributed by atoms with Crippen LogP contribution in [0.1, 0.15) is 37.8 Å². The molecule has 0 aliphatic rings. The molecule has 2 aromatic carbocycles. The minimum Gasteiger partial charge on any atom is -0.308 e. The average molecular weight is 396 g/mol. The second-order valence-corrected chi connectivity index (χ2v) is 6.28. The van der Waals surface area contributed by atoms with Crippen molar-refractivity contribution in [1.82, 2.24) is 10.6 Å². The van der Waals surface area contributed by atoms with Crippen molar-refractivity contribution in [2.45, 2.75) is 33.1 Å². The van der Waals surface area contributed by atoms with Crippen LogP contribution in [0.5, 0.6) is 0 Å². The molecule has 0 bridgehead atoms. The summed E-state index contributed by atoms with van der Waals surface area (Å²) in [6.45, 7) is 3.34. The van der Waals surface area contributed by atoms with E-state index in [1.165, 1.54) is 0 Å². The van der Waals surface area contributed by atoms with Gasteiger partial charge in [0.15, 0.2) is 0 Å². The first-order valence-corrected chi connectivity index (χ1v) is 9.29. The summed E-state index contributed by atoms with van der Waals surface area (Å²) in [6, 6.07) is 13.5. The molecule has 8 heteroatoms. The van der Waals surface area contributed by atoms with E-state index in [9.17, 15) is 19.2 Å². The first-order chi connectivity index (χ1) is 13.9. The predicted molar refractivity (Wildman–Crippen MR) is 111 cm³/mol. The summed E-state index contributed by atoms with van der Waals surface area (Å²) < 4.78 is 0. The van der Waals surface area contributed by atoms with Crippen LogP contribution in [-0.4, -0.2) is 23.9 Å². The Kier molecular flexibility index (Phi) is 7.90. The van der Waals surface area contributed by atoms with Gasteiger partial charge in [0, 0.05) is 24.2 Å². The van der Waals surface area contributed by atoms with Crippen molar-refractivity contribution >= 4 is 35.3 Å². The third-order valence-corrected chi connectivity index (χ3v) is 3.98. The second kappa shape index (κ2) is 10.6. The fourth-order valence-corrected chi connectivity index (χ4v) is 2.40. The molecule has 8 nitrogen and oxygen atoms in total. The number of nitrogens with one attached hydrogen (secondary N) is 4. The van der Waals surface area contributed by atoms with Crippen LogP contribution in [0.25, 0.3) is 0 Å². The zero-order valence-electron chi connectivity index (χ0n) is 16.4. The molecule has 0 heterocycles. The smallest absolute Gasteiger partial charge is 0.308 e. The molecule has 0 aliphatic carbocycles. The first-order valence-electron chi connectivity index (χ1n) is 9.29.